The molecule has 1 fully saturated rings. The molecular weight excluding hydrogens is 288 g/mol. The van der Waals surface area contributed by atoms with Gasteiger partial charge in [0.05, 0.1) is 13.0 Å². The summed E-state index contributed by atoms with van der Waals surface area (Å²) >= 11 is 0. The van der Waals surface area contributed by atoms with E-state index in [9.17, 15) is 24.6 Å². The number of aliphatic carboxylic acids is 1. The van der Waals surface area contributed by atoms with Gasteiger partial charge >= 0.3 is 11.7 Å². The third kappa shape index (κ3) is 2.88. The number of carbonyl (C=O) groups is 1. The third-order valence-corrected chi connectivity index (χ3v) is 3.17. The van der Waals surface area contributed by atoms with Crippen molar-refractivity contribution < 1.29 is 30.0 Å². The van der Waals surface area contributed by atoms with E-state index in [2.05, 4.69) is 0 Å². The van der Waals surface area contributed by atoms with E-state index in [0.29, 0.717) is 0 Å². The largest absolute Gasteiger partial charge is 0.481 e. The molecule has 0 amide bonds. The molecule has 4 atom stereocenters. The number of hydrogen-bond acceptors (Lipinski definition) is 7. The van der Waals surface area contributed by atoms with Gasteiger partial charge in [0.2, 0.25) is 0 Å². The maximum absolute atomic E-state index is 11.7. The minimum Gasteiger partial charge on any atom is -0.481 e. The number of rotatable bonds is 4. The van der Waals surface area contributed by atoms with Crippen LogP contribution in [0.15, 0.2) is 15.8 Å². The molecule has 2 heterocycles. The quantitative estimate of drug-likeness (QED) is 0.388. The van der Waals surface area contributed by atoms with Crippen molar-refractivity contribution in [1.82, 2.24) is 9.55 Å². The third-order valence-electron chi connectivity index (χ3n) is 3.17. The molecule has 1 aliphatic heterocycles. The van der Waals surface area contributed by atoms with Gasteiger partial charge in [-0.05, 0) is 0 Å². The van der Waals surface area contributed by atoms with Crippen molar-refractivity contribution in [2.75, 3.05) is 6.61 Å². The number of ether oxygens (including phenoxy) is 1. The Morgan fingerprint density at radius 3 is 2.52 bits per heavy atom. The first kappa shape index (κ1) is 15.4. The summed E-state index contributed by atoms with van der Waals surface area (Å²) in [7, 11) is 0. The maximum atomic E-state index is 11.7. The van der Waals surface area contributed by atoms with E-state index in [1.807, 2.05) is 4.98 Å². The Morgan fingerprint density at radius 1 is 1.33 bits per heavy atom. The molecular formula is C11H14N2O8. The Balaban J connectivity index is 2.42. The fourth-order valence-corrected chi connectivity index (χ4v) is 2.11. The van der Waals surface area contributed by atoms with E-state index in [1.165, 1.54) is 0 Å². The lowest BCUT2D eigenvalue weighted by Gasteiger charge is -2.17. The SMILES string of the molecule is O=C(O)Cc1cn(C2OC(CO)C(O)C2O)c(=O)[nH]c1=O. The average Bonchev–Trinajstić information content (AvgIpc) is 2.69. The lowest BCUT2D eigenvalue weighted by molar-refractivity contribution is -0.136. The number of aliphatic hydroxyl groups is 3. The van der Waals surface area contributed by atoms with Gasteiger partial charge in [-0.2, -0.15) is 0 Å². The first-order valence-corrected chi connectivity index (χ1v) is 6.03. The molecule has 1 aromatic heterocycles. The number of aromatic nitrogens is 2. The van der Waals surface area contributed by atoms with Gasteiger partial charge in [-0.1, -0.05) is 0 Å². The predicted octanol–water partition coefficient (Wildman–Crippen LogP) is -3.22. The van der Waals surface area contributed by atoms with E-state index < -0.39 is 54.8 Å². The van der Waals surface area contributed by atoms with Crippen LogP contribution in [0.3, 0.4) is 0 Å². The lowest BCUT2D eigenvalue weighted by atomic mass is 10.1. The molecule has 21 heavy (non-hydrogen) atoms. The predicted molar refractivity (Wildman–Crippen MR) is 65.7 cm³/mol. The van der Waals surface area contributed by atoms with E-state index in [1.54, 1.807) is 0 Å². The van der Waals surface area contributed by atoms with Crippen molar-refractivity contribution in [3.05, 3.63) is 32.6 Å². The fraction of sp³-hybridized carbons (Fsp3) is 0.545. The Bertz CT molecular complexity index is 650. The second kappa shape index (κ2) is 5.77. The highest BCUT2D eigenvalue weighted by molar-refractivity contribution is 5.69. The highest BCUT2D eigenvalue weighted by Crippen LogP contribution is 2.27. The molecule has 0 aromatic carbocycles. The molecule has 2 rings (SSSR count). The number of hydrogen-bond donors (Lipinski definition) is 5. The van der Waals surface area contributed by atoms with Crippen LogP contribution in [-0.4, -0.2) is 60.9 Å². The standard InChI is InChI=1S/C11H14N2O8/c14-3-5-7(17)8(18)10(21-5)13-2-4(1-6(15)16)9(19)12-11(13)20/h2,5,7-8,10,14,17-18H,1,3H2,(H,15,16)(H,12,19,20). The maximum Gasteiger partial charge on any atom is 0.330 e. The van der Waals surface area contributed by atoms with Crippen LogP contribution in [0.5, 0.6) is 0 Å². The number of aromatic amines is 1. The first-order valence-electron chi connectivity index (χ1n) is 6.03. The first-order chi connectivity index (χ1) is 9.85. The highest BCUT2D eigenvalue weighted by Gasteiger charge is 2.43. The van der Waals surface area contributed by atoms with Gasteiger partial charge in [0.25, 0.3) is 5.56 Å². The molecule has 0 aliphatic carbocycles. The summed E-state index contributed by atoms with van der Waals surface area (Å²) in [5, 5.41) is 37.1. The topological polar surface area (TPSA) is 162 Å². The van der Waals surface area contributed by atoms with Gasteiger partial charge in [-0.25, -0.2) is 4.79 Å². The van der Waals surface area contributed by atoms with Crippen LogP contribution < -0.4 is 11.2 Å². The second-order valence-electron chi connectivity index (χ2n) is 4.62. The van der Waals surface area contributed by atoms with Crippen molar-refractivity contribution in [2.45, 2.75) is 31.0 Å². The summed E-state index contributed by atoms with van der Waals surface area (Å²) in [5.41, 5.74) is -1.99. The van der Waals surface area contributed by atoms with Crippen LogP contribution in [0.4, 0.5) is 0 Å². The van der Waals surface area contributed by atoms with Gasteiger partial charge in [0, 0.05) is 11.8 Å². The smallest absolute Gasteiger partial charge is 0.330 e. The molecule has 116 valence electrons. The monoisotopic (exact) mass is 302 g/mol. The fourth-order valence-electron chi connectivity index (χ4n) is 2.11. The van der Waals surface area contributed by atoms with Crippen molar-refractivity contribution in [3.63, 3.8) is 0 Å². The number of aliphatic hydroxyl groups excluding tert-OH is 3. The number of H-pyrrole nitrogens is 1. The molecule has 10 heteroatoms. The van der Waals surface area contributed by atoms with E-state index in [4.69, 9.17) is 14.9 Å². The number of nitrogens with zero attached hydrogens (tertiary/aromatic N) is 1. The van der Waals surface area contributed by atoms with Crippen molar-refractivity contribution in [3.8, 4) is 0 Å². The normalized spacial score (nSPS) is 28.7. The molecule has 0 saturated carbocycles. The van der Waals surface area contributed by atoms with Gasteiger partial charge in [-0.15, -0.1) is 0 Å². The van der Waals surface area contributed by atoms with Gasteiger partial charge in [0.1, 0.15) is 18.3 Å². The summed E-state index contributed by atoms with van der Waals surface area (Å²) in [5.74, 6) is -1.27. The van der Waals surface area contributed by atoms with Crippen molar-refractivity contribution in [2.24, 2.45) is 0 Å². The summed E-state index contributed by atoms with van der Waals surface area (Å²) < 4.78 is 5.93. The highest BCUT2D eigenvalue weighted by atomic mass is 16.6. The van der Waals surface area contributed by atoms with Gasteiger partial charge in [-0.3, -0.25) is 19.1 Å². The van der Waals surface area contributed by atoms with Gasteiger partial charge in [0.15, 0.2) is 6.23 Å². The molecule has 4 unspecified atom stereocenters. The second-order valence-corrected chi connectivity index (χ2v) is 4.62. The Morgan fingerprint density at radius 2 is 2.00 bits per heavy atom. The zero-order valence-electron chi connectivity index (χ0n) is 10.7. The van der Waals surface area contributed by atoms with E-state index >= 15 is 0 Å². The number of nitrogens with one attached hydrogen (secondary N) is 1. The van der Waals surface area contributed by atoms with Gasteiger partial charge < -0.3 is 25.2 Å². The summed E-state index contributed by atoms with van der Waals surface area (Å²) in [6, 6.07) is 0. The number of carboxylic acids is 1. The Kier molecular flexibility index (Phi) is 4.23. The molecule has 0 radical (unpaired) electrons. The van der Waals surface area contributed by atoms with E-state index in [-0.39, 0.29) is 5.56 Å². The summed E-state index contributed by atoms with van der Waals surface area (Å²) in [6.07, 6.45) is -5.02. The lowest BCUT2D eigenvalue weighted by Crippen LogP contribution is -2.39. The molecule has 5 N–H and O–H groups in total. The van der Waals surface area contributed by atoms with Crippen molar-refractivity contribution >= 4 is 5.97 Å². The average molecular weight is 302 g/mol. The zero-order valence-corrected chi connectivity index (χ0v) is 10.7. The minimum atomic E-state index is -1.51. The minimum absolute atomic E-state index is 0.208. The van der Waals surface area contributed by atoms with Crippen molar-refractivity contribution in [1.29, 1.82) is 0 Å². The van der Waals surface area contributed by atoms with Crippen LogP contribution >= 0.6 is 0 Å². The van der Waals surface area contributed by atoms with Crippen LogP contribution in [0.25, 0.3) is 0 Å². The molecule has 1 aliphatic rings. The Labute approximate surface area is 116 Å². The summed E-state index contributed by atoms with van der Waals surface area (Å²) in [6.45, 7) is -0.575. The number of carboxylic acid groups (broad SMARTS) is 1. The van der Waals surface area contributed by atoms with Crippen LogP contribution in [-0.2, 0) is 16.0 Å². The van der Waals surface area contributed by atoms with Crippen LogP contribution in [0, 0.1) is 0 Å². The van der Waals surface area contributed by atoms with Crippen LogP contribution in [0.1, 0.15) is 11.8 Å². The molecule has 0 spiro atoms. The van der Waals surface area contributed by atoms with Crippen LogP contribution in [0.2, 0.25) is 0 Å². The molecule has 1 saturated heterocycles. The van der Waals surface area contributed by atoms with E-state index in [0.717, 1.165) is 10.8 Å². The molecule has 10 nitrogen and oxygen atoms in total. The molecule has 1 aromatic rings. The summed E-state index contributed by atoms with van der Waals surface area (Å²) in [4.78, 5) is 35.8. The Hall–Kier alpha value is -2.01. The zero-order chi connectivity index (χ0) is 15.7. The molecule has 0 bridgehead atoms.